The zero-order valence-corrected chi connectivity index (χ0v) is 17.0. The van der Waals surface area contributed by atoms with Crippen LogP contribution in [0.4, 0.5) is 0 Å². The zero-order chi connectivity index (χ0) is 20.6. The lowest BCUT2D eigenvalue weighted by molar-refractivity contribution is 0.0739. The van der Waals surface area contributed by atoms with Crippen LogP contribution in [0.5, 0.6) is 0 Å². The van der Waals surface area contributed by atoms with Crippen LogP contribution in [-0.4, -0.2) is 30.3 Å². The molecule has 0 unspecified atom stereocenters. The summed E-state index contributed by atoms with van der Waals surface area (Å²) in [5.41, 5.74) is 4.36. The Bertz CT molecular complexity index is 1100. The van der Waals surface area contributed by atoms with Crippen molar-refractivity contribution in [2.45, 2.75) is 45.8 Å². The second kappa shape index (κ2) is 7.37. The van der Waals surface area contributed by atoms with Gasteiger partial charge in [-0.25, -0.2) is 4.98 Å². The average molecular weight is 387 g/mol. The molecule has 0 fully saturated rings. The molecule has 4 heterocycles. The first kappa shape index (κ1) is 19.2. The highest BCUT2D eigenvalue weighted by Crippen LogP contribution is 2.32. The molecule has 0 saturated heterocycles. The fourth-order valence-corrected chi connectivity index (χ4v) is 3.71. The maximum atomic E-state index is 10.3. The minimum Gasteiger partial charge on any atom is -0.384 e. The Labute approximate surface area is 170 Å². The molecule has 2 N–H and O–H groups in total. The molecule has 1 aliphatic rings. The van der Waals surface area contributed by atoms with Gasteiger partial charge in [0, 0.05) is 36.5 Å². The standard InChI is InChI=1S/C23H25N5O/c1-4-6-17(24)21-22(28-12-5-7-20(28)27-21)16-9-10-25-18(13-16)15-8-11-26-19(14-15)23(2,3)29/h4,6,8-11,13-14,24,29H,5,7,12H2,1-3H3/b6-4-,24-17?. The first-order valence-electron chi connectivity index (χ1n) is 9.85. The van der Waals surface area contributed by atoms with Crippen LogP contribution >= 0.6 is 0 Å². The number of allylic oxidation sites excluding steroid dienone is 2. The van der Waals surface area contributed by atoms with Gasteiger partial charge in [0.15, 0.2) is 0 Å². The summed E-state index contributed by atoms with van der Waals surface area (Å²) in [6.07, 6.45) is 9.14. The van der Waals surface area contributed by atoms with Gasteiger partial charge in [-0.15, -0.1) is 0 Å². The molecule has 0 saturated carbocycles. The summed E-state index contributed by atoms with van der Waals surface area (Å²) in [6.45, 7) is 6.26. The molecule has 148 valence electrons. The Hall–Kier alpha value is -3.12. The van der Waals surface area contributed by atoms with Crippen molar-refractivity contribution in [1.82, 2.24) is 19.5 Å². The third kappa shape index (κ3) is 3.63. The van der Waals surface area contributed by atoms with Crippen molar-refractivity contribution in [2.24, 2.45) is 0 Å². The molecule has 0 amide bonds. The smallest absolute Gasteiger partial charge is 0.114 e. The van der Waals surface area contributed by atoms with Gasteiger partial charge in [-0.1, -0.05) is 6.08 Å². The van der Waals surface area contributed by atoms with E-state index in [2.05, 4.69) is 14.5 Å². The van der Waals surface area contributed by atoms with E-state index in [1.54, 1.807) is 32.3 Å². The molecule has 0 radical (unpaired) electrons. The summed E-state index contributed by atoms with van der Waals surface area (Å²) in [7, 11) is 0. The van der Waals surface area contributed by atoms with E-state index in [1.165, 1.54) is 0 Å². The highest BCUT2D eigenvalue weighted by molar-refractivity contribution is 6.09. The largest absolute Gasteiger partial charge is 0.384 e. The highest BCUT2D eigenvalue weighted by atomic mass is 16.3. The third-order valence-corrected chi connectivity index (χ3v) is 5.13. The van der Waals surface area contributed by atoms with Gasteiger partial charge in [-0.3, -0.25) is 15.4 Å². The number of hydrogen-bond donors (Lipinski definition) is 2. The van der Waals surface area contributed by atoms with Gasteiger partial charge in [0.05, 0.1) is 22.8 Å². The average Bonchev–Trinajstić information content (AvgIpc) is 3.29. The maximum Gasteiger partial charge on any atom is 0.114 e. The van der Waals surface area contributed by atoms with Gasteiger partial charge < -0.3 is 9.67 Å². The molecule has 3 aromatic heterocycles. The second-order valence-electron chi connectivity index (χ2n) is 7.81. The number of imidazole rings is 1. The number of rotatable bonds is 5. The van der Waals surface area contributed by atoms with Crippen LogP contribution < -0.4 is 0 Å². The fourth-order valence-electron chi connectivity index (χ4n) is 3.71. The van der Waals surface area contributed by atoms with Crippen LogP contribution in [0.1, 0.15) is 44.4 Å². The number of aromatic nitrogens is 4. The number of nitrogens with one attached hydrogen (secondary N) is 1. The van der Waals surface area contributed by atoms with Crippen molar-refractivity contribution < 1.29 is 5.11 Å². The summed E-state index contributed by atoms with van der Waals surface area (Å²) in [5, 5.41) is 18.7. The molecule has 0 aliphatic carbocycles. The SMILES string of the molecule is C/C=C\C(=N)c1nc2n(c1-c1ccnc(-c3ccnc(C(C)(C)O)c3)c1)CCC2. The predicted octanol–water partition coefficient (Wildman–Crippen LogP) is 4.12. The predicted molar refractivity (Wildman–Crippen MR) is 114 cm³/mol. The molecule has 0 aromatic carbocycles. The normalized spacial score (nSPS) is 13.8. The van der Waals surface area contributed by atoms with E-state index in [1.807, 2.05) is 37.3 Å². The van der Waals surface area contributed by atoms with Gasteiger partial charge in [0.1, 0.15) is 17.1 Å². The molecule has 29 heavy (non-hydrogen) atoms. The lowest BCUT2D eigenvalue weighted by atomic mass is 10.0. The lowest BCUT2D eigenvalue weighted by Crippen LogP contribution is -2.17. The number of aryl methyl sites for hydroxylation is 1. The molecular formula is C23H25N5O. The van der Waals surface area contributed by atoms with Gasteiger partial charge >= 0.3 is 0 Å². The molecular weight excluding hydrogens is 362 g/mol. The lowest BCUT2D eigenvalue weighted by Gasteiger charge is -2.17. The van der Waals surface area contributed by atoms with Crippen molar-refractivity contribution in [1.29, 1.82) is 5.41 Å². The van der Waals surface area contributed by atoms with E-state index in [9.17, 15) is 5.11 Å². The third-order valence-electron chi connectivity index (χ3n) is 5.13. The summed E-state index contributed by atoms with van der Waals surface area (Å²) >= 11 is 0. The van der Waals surface area contributed by atoms with Crippen molar-refractivity contribution in [3.63, 3.8) is 0 Å². The van der Waals surface area contributed by atoms with Gasteiger partial charge in [0.2, 0.25) is 0 Å². The number of nitrogens with zero attached hydrogens (tertiary/aromatic N) is 4. The van der Waals surface area contributed by atoms with Crippen LogP contribution in [0.3, 0.4) is 0 Å². The van der Waals surface area contributed by atoms with Crippen LogP contribution in [0.2, 0.25) is 0 Å². The Morgan fingerprint density at radius 3 is 2.69 bits per heavy atom. The summed E-state index contributed by atoms with van der Waals surface area (Å²) < 4.78 is 2.22. The Morgan fingerprint density at radius 1 is 1.17 bits per heavy atom. The Balaban J connectivity index is 1.83. The van der Waals surface area contributed by atoms with E-state index in [-0.39, 0.29) is 0 Å². The number of fused-ring (bicyclic) bond motifs is 1. The molecule has 6 nitrogen and oxygen atoms in total. The monoisotopic (exact) mass is 387 g/mol. The topological polar surface area (TPSA) is 87.7 Å². The molecule has 0 atom stereocenters. The summed E-state index contributed by atoms with van der Waals surface area (Å²) in [5.74, 6) is 1.04. The molecule has 4 rings (SSSR count). The number of pyridine rings is 2. The van der Waals surface area contributed by atoms with Gasteiger partial charge in [-0.05, 0) is 57.5 Å². The van der Waals surface area contributed by atoms with Gasteiger partial charge in [0.25, 0.3) is 0 Å². The summed E-state index contributed by atoms with van der Waals surface area (Å²) in [4.78, 5) is 13.6. The maximum absolute atomic E-state index is 10.3. The molecule has 6 heteroatoms. The van der Waals surface area contributed by atoms with Crippen LogP contribution in [0.25, 0.3) is 22.5 Å². The van der Waals surface area contributed by atoms with E-state index in [4.69, 9.17) is 10.4 Å². The summed E-state index contributed by atoms with van der Waals surface area (Å²) in [6, 6.07) is 7.76. The Morgan fingerprint density at radius 2 is 1.93 bits per heavy atom. The van der Waals surface area contributed by atoms with E-state index in [0.717, 1.165) is 47.7 Å². The number of hydrogen-bond acceptors (Lipinski definition) is 5. The van der Waals surface area contributed by atoms with Crippen molar-refractivity contribution in [3.8, 4) is 22.5 Å². The van der Waals surface area contributed by atoms with E-state index in [0.29, 0.717) is 17.1 Å². The first-order valence-corrected chi connectivity index (χ1v) is 9.85. The minimum atomic E-state index is -1.02. The van der Waals surface area contributed by atoms with Crippen molar-refractivity contribution >= 4 is 5.71 Å². The van der Waals surface area contributed by atoms with Crippen molar-refractivity contribution in [2.75, 3.05) is 0 Å². The highest BCUT2D eigenvalue weighted by Gasteiger charge is 2.24. The second-order valence-corrected chi connectivity index (χ2v) is 7.81. The van der Waals surface area contributed by atoms with E-state index < -0.39 is 5.60 Å². The Kier molecular flexibility index (Phi) is 4.88. The first-order chi connectivity index (χ1) is 13.9. The molecule has 1 aliphatic heterocycles. The quantitative estimate of drug-likeness (QED) is 0.645. The molecule has 0 spiro atoms. The zero-order valence-electron chi connectivity index (χ0n) is 17.0. The number of aliphatic hydroxyl groups is 1. The van der Waals surface area contributed by atoms with E-state index >= 15 is 0 Å². The van der Waals surface area contributed by atoms with Crippen LogP contribution in [0.15, 0.2) is 48.8 Å². The fraction of sp³-hybridized carbons (Fsp3) is 0.304. The van der Waals surface area contributed by atoms with Crippen LogP contribution in [-0.2, 0) is 18.6 Å². The minimum absolute atomic E-state index is 0.413. The molecule has 3 aromatic rings. The van der Waals surface area contributed by atoms with Gasteiger partial charge in [-0.2, -0.15) is 0 Å². The molecule has 0 bridgehead atoms. The van der Waals surface area contributed by atoms with Crippen molar-refractivity contribution in [3.05, 3.63) is 66.0 Å². The van der Waals surface area contributed by atoms with Crippen LogP contribution in [0, 0.1) is 5.41 Å².